The summed E-state index contributed by atoms with van der Waals surface area (Å²) in [5.41, 5.74) is 7.39. The summed E-state index contributed by atoms with van der Waals surface area (Å²) >= 11 is 1.34. The number of thioether (sulfide) groups is 1. The maximum atomic E-state index is 12.8. The Morgan fingerprint density at radius 3 is 3.13 bits per heavy atom. The van der Waals surface area contributed by atoms with E-state index >= 15 is 0 Å². The molecule has 2 aromatic rings. The second-order valence-electron chi connectivity index (χ2n) is 6.95. The van der Waals surface area contributed by atoms with Crippen LogP contribution < -0.4 is 26.4 Å². The Kier molecular flexibility index (Phi) is 4.71. The van der Waals surface area contributed by atoms with Crippen LogP contribution in [0.4, 0.5) is 11.4 Å². The molecule has 11 nitrogen and oxygen atoms in total. The third kappa shape index (κ3) is 3.35. The maximum absolute atomic E-state index is 12.8. The van der Waals surface area contributed by atoms with Gasteiger partial charge in [-0.1, -0.05) is 11.8 Å². The number of rotatable bonds is 3. The fourth-order valence-electron chi connectivity index (χ4n) is 3.47. The summed E-state index contributed by atoms with van der Waals surface area (Å²) < 4.78 is 7.58. The largest absolute Gasteiger partial charge is 0.477 e. The molecule has 3 aliphatic heterocycles. The molecule has 6 N–H and O–H groups in total. The van der Waals surface area contributed by atoms with Crippen molar-refractivity contribution in [2.45, 2.75) is 13.0 Å². The van der Waals surface area contributed by atoms with E-state index in [1.807, 2.05) is 4.68 Å². The van der Waals surface area contributed by atoms with Gasteiger partial charge in [0.2, 0.25) is 11.8 Å². The Morgan fingerprint density at radius 2 is 2.29 bits per heavy atom. The first kappa shape index (κ1) is 19.3. The van der Waals surface area contributed by atoms with Gasteiger partial charge in [0.05, 0.1) is 58.8 Å². The summed E-state index contributed by atoms with van der Waals surface area (Å²) in [7, 11) is 0. The molecule has 0 saturated carbocycles. The number of fused-ring (bicyclic) bond motifs is 2. The van der Waals surface area contributed by atoms with Crippen molar-refractivity contribution in [1.29, 1.82) is 5.41 Å². The van der Waals surface area contributed by atoms with Crippen LogP contribution in [0.2, 0.25) is 0 Å². The number of hydrogen-bond acceptors (Lipinski definition) is 9. The van der Waals surface area contributed by atoms with Gasteiger partial charge >= 0.3 is 0 Å². The predicted octanol–water partition coefficient (Wildman–Crippen LogP) is 0.824. The van der Waals surface area contributed by atoms with E-state index in [0.29, 0.717) is 34.6 Å². The lowest BCUT2D eigenvalue weighted by molar-refractivity contribution is -0.115. The average molecular weight is 438 g/mol. The van der Waals surface area contributed by atoms with Crippen molar-refractivity contribution >= 4 is 45.6 Å². The standard InChI is InChI=1S/C19H18N8O3S/c20-5-13(28)25-9-4-11-16(22-6-9)15(21)14(17(29)26-11)18-23-8-12(31-18)10-7-24-27-2-1-3-30-19(10)27/h4,6-8,21,23H,1-3,5,20H2,(H,25,28)(H,26,29)/b18-14-,21-15?. The maximum Gasteiger partial charge on any atom is 0.260 e. The van der Waals surface area contributed by atoms with E-state index in [1.165, 1.54) is 18.0 Å². The van der Waals surface area contributed by atoms with Crippen LogP contribution in [-0.4, -0.2) is 45.4 Å². The van der Waals surface area contributed by atoms with Gasteiger partial charge in [0.15, 0.2) is 0 Å². The Labute approximate surface area is 180 Å². The average Bonchev–Trinajstić information content (AvgIpc) is 3.40. The molecular formula is C19H18N8O3S. The van der Waals surface area contributed by atoms with Crippen molar-refractivity contribution in [1.82, 2.24) is 20.1 Å². The van der Waals surface area contributed by atoms with Crippen molar-refractivity contribution < 1.29 is 14.3 Å². The van der Waals surface area contributed by atoms with Crippen LogP contribution in [0.3, 0.4) is 0 Å². The van der Waals surface area contributed by atoms with Crippen molar-refractivity contribution in [3.05, 3.63) is 46.5 Å². The second-order valence-corrected chi connectivity index (χ2v) is 8.00. The van der Waals surface area contributed by atoms with E-state index in [0.717, 1.165) is 23.4 Å². The van der Waals surface area contributed by atoms with E-state index in [2.05, 4.69) is 26.0 Å². The molecule has 0 fully saturated rings. The molecule has 5 heterocycles. The topological polar surface area (TPSA) is 160 Å². The fourth-order valence-corrected chi connectivity index (χ4v) is 4.47. The summed E-state index contributed by atoms with van der Waals surface area (Å²) in [5.74, 6) is -0.0990. The molecule has 0 saturated heterocycles. The molecule has 0 atom stereocenters. The summed E-state index contributed by atoms with van der Waals surface area (Å²) in [5, 5.41) is 21.9. The van der Waals surface area contributed by atoms with Crippen molar-refractivity contribution in [2.75, 3.05) is 23.8 Å². The minimum atomic E-state index is -0.431. The highest BCUT2D eigenvalue weighted by atomic mass is 32.2. The first-order valence-electron chi connectivity index (χ1n) is 9.53. The van der Waals surface area contributed by atoms with E-state index < -0.39 is 5.91 Å². The molecule has 0 unspecified atom stereocenters. The molecule has 0 spiro atoms. The minimum Gasteiger partial charge on any atom is -0.477 e. The third-order valence-corrected chi connectivity index (χ3v) is 5.99. The number of nitrogens with zero attached hydrogens (tertiary/aromatic N) is 3. The number of anilines is 2. The summed E-state index contributed by atoms with van der Waals surface area (Å²) in [6, 6.07) is 1.55. The molecule has 0 bridgehead atoms. The van der Waals surface area contributed by atoms with E-state index in [1.54, 1.807) is 18.5 Å². The molecule has 12 heteroatoms. The van der Waals surface area contributed by atoms with E-state index in [9.17, 15) is 9.59 Å². The van der Waals surface area contributed by atoms with Crippen LogP contribution in [0, 0.1) is 5.41 Å². The number of carbonyl (C=O) groups is 2. The zero-order valence-electron chi connectivity index (χ0n) is 16.2. The number of nitrogens with two attached hydrogens (primary N) is 1. The predicted molar refractivity (Wildman–Crippen MR) is 115 cm³/mol. The lowest BCUT2D eigenvalue weighted by atomic mass is 10.0. The van der Waals surface area contributed by atoms with Crippen LogP contribution in [0.25, 0.3) is 4.91 Å². The van der Waals surface area contributed by atoms with Crippen molar-refractivity contribution in [2.24, 2.45) is 5.73 Å². The van der Waals surface area contributed by atoms with Gasteiger partial charge in [-0.15, -0.1) is 0 Å². The Balaban J connectivity index is 1.42. The highest BCUT2D eigenvalue weighted by Crippen LogP contribution is 2.43. The molecule has 0 aromatic carbocycles. The van der Waals surface area contributed by atoms with Gasteiger partial charge in [0.25, 0.3) is 5.91 Å². The smallest absolute Gasteiger partial charge is 0.260 e. The zero-order chi connectivity index (χ0) is 21.5. The monoisotopic (exact) mass is 438 g/mol. The number of nitrogens with one attached hydrogen (secondary N) is 4. The molecular weight excluding hydrogens is 420 g/mol. The number of carbonyl (C=O) groups excluding carboxylic acids is 2. The number of pyridine rings is 1. The first-order chi connectivity index (χ1) is 15.0. The lowest BCUT2D eigenvalue weighted by Crippen LogP contribution is -2.31. The molecule has 31 heavy (non-hydrogen) atoms. The lowest BCUT2D eigenvalue weighted by Gasteiger charge is -2.21. The van der Waals surface area contributed by atoms with Crippen molar-refractivity contribution in [3.8, 4) is 5.88 Å². The molecule has 3 aliphatic rings. The van der Waals surface area contributed by atoms with Crippen LogP contribution in [0.5, 0.6) is 5.88 Å². The van der Waals surface area contributed by atoms with Gasteiger partial charge in [0.1, 0.15) is 5.69 Å². The number of aryl methyl sites for hydroxylation is 1. The van der Waals surface area contributed by atoms with Gasteiger partial charge in [-0.2, -0.15) is 5.10 Å². The van der Waals surface area contributed by atoms with Crippen LogP contribution in [-0.2, 0) is 16.1 Å². The SMILES string of the molecule is N=C1/C(=C2\NC=C(c3cnn4c3OCCC4)S2)C(=O)Nc2cc(NC(=O)CN)cnc21. The van der Waals surface area contributed by atoms with Crippen LogP contribution in [0.1, 0.15) is 17.7 Å². The third-order valence-electron chi connectivity index (χ3n) is 4.90. The molecule has 5 rings (SSSR count). The minimum absolute atomic E-state index is 0.00612. The normalized spacial score (nSPS) is 19.6. The summed E-state index contributed by atoms with van der Waals surface area (Å²) in [6.07, 6.45) is 5.86. The number of ether oxygens (including phenoxy) is 1. The highest BCUT2D eigenvalue weighted by molar-refractivity contribution is 8.12. The molecule has 158 valence electrons. The number of hydrogen-bond donors (Lipinski definition) is 5. The Morgan fingerprint density at radius 1 is 1.42 bits per heavy atom. The zero-order valence-corrected chi connectivity index (χ0v) is 17.0. The fraction of sp³-hybridized carbons (Fsp3) is 0.211. The molecule has 0 aliphatic carbocycles. The second kappa shape index (κ2) is 7.56. The number of aromatic nitrogens is 3. The molecule has 2 aromatic heterocycles. The van der Waals surface area contributed by atoms with Gasteiger partial charge in [-0.3, -0.25) is 20.0 Å². The number of amides is 2. The van der Waals surface area contributed by atoms with Crippen LogP contribution >= 0.6 is 11.8 Å². The molecule has 0 radical (unpaired) electrons. The first-order valence-corrected chi connectivity index (χ1v) is 10.3. The van der Waals surface area contributed by atoms with Gasteiger partial charge in [-0.25, -0.2) is 4.68 Å². The Bertz CT molecular complexity index is 1200. The Hall–Kier alpha value is -3.64. The van der Waals surface area contributed by atoms with Crippen molar-refractivity contribution in [3.63, 3.8) is 0 Å². The van der Waals surface area contributed by atoms with Crippen LogP contribution in [0.15, 0.2) is 35.3 Å². The van der Waals surface area contributed by atoms with Gasteiger partial charge < -0.3 is 26.4 Å². The van der Waals surface area contributed by atoms with Gasteiger partial charge in [-0.05, 0) is 6.07 Å². The van der Waals surface area contributed by atoms with Gasteiger partial charge in [0, 0.05) is 24.1 Å². The highest BCUT2D eigenvalue weighted by Gasteiger charge is 2.33. The summed E-state index contributed by atoms with van der Waals surface area (Å²) in [6.45, 7) is 1.28. The summed E-state index contributed by atoms with van der Waals surface area (Å²) in [4.78, 5) is 29.4. The van der Waals surface area contributed by atoms with E-state index in [4.69, 9.17) is 15.9 Å². The molecule has 2 amide bonds. The quantitative estimate of drug-likeness (QED) is 0.440. The van der Waals surface area contributed by atoms with E-state index in [-0.39, 0.29) is 23.7 Å².